The molecule has 0 unspecified atom stereocenters. The van der Waals surface area contributed by atoms with Crippen LogP contribution < -0.4 is 4.74 Å². The van der Waals surface area contributed by atoms with Gasteiger partial charge in [-0.05, 0) is 29.3 Å². The number of carbonyl (C=O) groups is 4. The van der Waals surface area contributed by atoms with Crippen LogP contribution in [0.25, 0.3) is 0 Å². The first-order valence-electron chi connectivity index (χ1n) is 12.5. The molecule has 0 N–H and O–H groups in total. The number of halogens is 3. The Balaban J connectivity index is 1.97. The van der Waals surface area contributed by atoms with Crippen LogP contribution in [0, 0.1) is 0 Å². The van der Waals surface area contributed by atoms with Gasteiger partial charge in [-0.2, -0.15) is 13.2 Å². The summed E-state index contributed by atoms with van der Waals surface area (Å²) in [6.45, 7) is 4.39. The molecule has 41 heavy (non-hydrogen) atoms. The Kier molecular flexibility index (Phi) is 10.7. The van der Waals surface area contributed by atoms with Gasteiger partial charge in [-0.3, -0.25) is 19.2 Å². The van der Waals surface area contributed by atoms with E-state index in [9.17, 15) is 32.3 Å². The molecule has 1 heterocycles. The van der Waals surface area contributed by atoms with Gasteiger partial charge in [0.15, 0.2) is 23.7 Å². The third-order valence-electron chi connectivity index (χ3n) is 5.84. The third-order valence-corrected chi connectivity index (χ3v) is 7.23. The minimum Gasteiger partial charge on any atom is -0.475 e. The Morgan fingerprint density at radius 2 is 1.32 bits per heavy atom. The Morgan fingerprint density at radius 3 is 1.88 bits per heavy atom. The van der Waals surface area contributed by atoms with Crippen LogP contribution >= 0.6 is 11.8 Å². The maximum absolute atomic E-state index is 13.0. The summed E-state index contributed by atoms with van der Waals surface area (Å²) in [4.78, 5) is 47.6. The Hall–Kier alpha value is -3.74. The summed E-state index contributed by atoms with van der Waals surface area (Å²) in [5, 5.41) is -0.786. The first-order valence-corrected chi connectivity index (χ1v) is 13.4. The second-order valence-electron chi connectivity index (χ2n) is 9.16. The fourth-order valence-electron chi connectivity index (χ4n) is 4.21. The highest BCUT2D eigenvalue weighted by molar-refractivity contribution is 8.00. The van der Waals surface area contributed by atoms with Crippen LogP contribution in [0.15, 0.2) is 48.5 Å². The lowest BCUT2D eigenvalue weighted by Gasteiger charge is -2.43. The molecule has 0 aromatic heterocycles. The summed E-state index contributed by atoms with van der Waals surface area (Å²) in [5.41, 5.74) is -0.616. The molecular weight excluding hydrogens is 569 g/mol. The lowest BCUT2D eigenvalue weighted by Crippen LogP contribution is -2.59. The number of para-hydroxylation sites is 1. The molecule has 2 aromatic rings. The topological polar surface area (TPSA) is 114 Å². The summed E-state index contributed by atoms with van der Waals surface area (Å²) in [6.07, 6.45) is -7.97. The van der Waals surface area contributed by atoms with Crippen LogP contribution in [0.4, 0.5) is 13.2 Å². The molecule has 1 fully saturated rings. The molecule has 0 amide bonds. The molecule has 222 valence electrons. The Labute approximate surface area is 238 Å². The Bertz CT molecular complexity index is 1250. The summed E-state index contributed by atoms with van der Waals surface area (Å²) < 4.78 is 66.8. The van der Waals surface area contributed by atoms with Crippen LogP contribution in [-0.4, -0.2) is 59.5 Å². The summed E-state index contributed by atoms with van der Waals surface area (Å²) >= 11 is 1.05. The zero-order valence-corrected chi connectivity index (χ0v) is 23.5. The van der Waals surface area contributed by atoms with E-state index in [2.05, 4.69) is 0 Å². The summed E-state index contributed by atoms with van der Waals surface area (Å²) in [5.74, 6) is -2.45. The molecule has 3 rings (SSSR count). The summed E-state index contributed by atoms with van der Waals surface area (Å²) in [7, 11) is 0. The largest absolute Gasteiger partial charge is 0.475 e. The van der Waals surface area contributed by atoms with Crippen LogP contribution in [0.2, 0.25) is 0 Å². The van der Waals surface area contributed by atoms with Crippen molar-refractivity contribution >= 4 is 35.6 Å². The molecule has 0 spiro atoms. The lowest BCUT2D eigenvalue weighted by atomic mass is 10.0. The van der Waals surface area contributed by atoms with Gasteiger partial charge < -0.3 is 23.7 Å². The van der Waals surface area contributed by atoms with Crippen LogP contribution in [0.1, 0.15) is 44.4 Å². The molecular formula is C28H29F3O9S. The van der Waals surface area contributed by atoms with Crippen LogP contribution in [0.5, 0.6) is 5.75 Å². The summed E-state index contributed by atoms with van der Waals surface area (Å²) in [6, 6.07) is 11.5. The number of alkyl halides is 3. The van der Waals surface area contributed by atoms with E-state index in [1.54, 1.807) is 24.3 Å². The lowest BCUT2D eigenvalue weighted by molar-refractivity contribution is -0.190. The van der Waals surface area contributed by atoms with Crippen molar-refractivity contribution in [3.63, 3.8) is 0 Å². The number of ether oxygens (including phenoxy) is 5. The van der Waals surface area contributed by atoms with E-state index in [4.69, 9.17) is 23.7 Å². The first kappa shape index (κ1) is 31.8. The van der Waals surface area contributed by atoms with Gasteiger partial charge in [0.25, 0.3) is 0 Å². The van der Waals surface area contributed by atoms with Crippen LogP contribution in [0.3, 0.4) is 0 Å². The second kappa shape index (κ2) is 13.7. The molecule has 0 radical (unpaired) electrons. The highest BCUT2D eigenvalue weighted by Gasteiger charge is 2.53. The van der Waals surface area contributed by atoms with Gasteiger partial charge in [0.05, 0.1) is 10.8 Å². The van der Waals surface area contributed by atoms with Gasteiger partial charge in [0.2, 0.25) is 0 Å². The van der Waals surface area contributed by atoms with E-state index in [1.807, 2.05) is 0 Å². The minimum absolute atomic E-state index is 0.213. The average molecular weight is 599 g/mol. The molecule has 0 bridgehead atoms. The van der Waals surface area contributed by atoms with Crippen molar-refractivity contribution in [1.82, 2.24) is 0 Å². The molecule has 13 heteroatoms. The quantitative estimate of drug-likeness (QED) is 0.303. The SMILES string of the molecule is CC(=O)OC[C@@H]1S[C@H](Oc2ccccc2Cc2ccc(C(F)(F)F)cc2)[C@H](OC(C)=O)[C@@H](OC(C)=O)[C@@H]1OC(C)=O. The van der Waals surface area contributed by atoms with Gasteiger partial charge in [-0.1, -0.05) is 30.3 Å². The van der Waals surface area contributed by atoms with Gasteiger partial charge in [0, 0.05) is 34.1 Å². The molecule has 1 aliphatic rings. The number of benzene rings is 2. The van der Waals surface area contributed by atoms with Gasteiger partial charge in [-0.25, -0.2) is 0 Å². The van der Waals surface area contributed by atoms with Gasteiger partial charge in [0.1, 0.15) is 12.4 Å². The van der Waals surface area contributed by atoms with Crippen molar-refractivity contribution in [3.8, 4) is 5.75 Å². The molecule has 1 aliphatic heterocycles. The highest BCUT2D eigenvalue weighted by Crippen LogP contribution is 2.40. The normalized spacial score (nSPS) is 22.3. The van der Waals surface area contributed by atoms with Crippen molar-refractivity contribution in [2.45, 2.75) is 69.3 Å². The molecule has 5 atom stereocenters. The monoisotopic (exact) mass is 598 g/mol. The number of esters is 4. The fourth-order valence-corrected chi connectivity index (χ4v) is 5.59. The molecule has 9 nitrogen and oxygen atoms in total. The zero-order chi connectivity index (χ0) is 30.3. The standard InChI is InChI=1S/C28H29F3O9S/c1-15(32)36-14-23-24(37-16(2)33)25(38-17(3)34)26(39-18(4)35)27(41-23)40-22-8-6-5-7-20(22)13-19-9-11-21(12-10-19)28(29,30)31/h5-12,23-27H,13-14H2,1-4H3/t23-,24+,25-,26+,27-/m0/s1. The van der Waals surface area contributed by atoms with Crippen molar-refractivity contribution in [2.75, 3.05) is 6.61 Å². The van der Waals surface area contributed by atoms with Crippen molar-refractivity contribution < 1.29 is 56.0 Å². The van der Waals surface area contributed by atoms with Crippen molar-refractivity contribution in [3.05, 3.63) is 65.2 Å². The smallest absolute Gasteiger partial charge is 0.416 e. The average Bonchev–Trinajstić information content (AvgIpc) is 2.86. The third kappa shape index (κ3) is 9.13. The molecule has 0 aliphatic carbocycles. The second-order valence-corrected chi connectivity index (χ2v) is 10.5. The van der Waals surface area contributed by atoms with Gasteiger partial charge >= 0.3 is 30.1 Å². The van der Waals surface area contributed by atoms with Gasteiger partial charge in [-0.15, -0.1) is 11.8 Å². The zero-order valence-electron chi connectivity index (χ0n) is 22.6. The van der Waals surface area contributed by atoms with E-state index in [-0.39, 0.29) is 13.0 Å². The van der Waals surface area contributed by atoms with E-state index < -0.39 is 64.6 Å². The number of hydrogen-bond acceptors (Lipinski definition) is 10. The predicted octanol–water partition coefficient (Wildman–Crippen LogP) is 4.47. The van der Waals surface area contributed by atoms with E-state index in [0.29, 0.717) is 16.9 Å². The molecule has 2 aromatic carbocycles. The van der Waals surface area contributed by atoms with E-state index in [0.717, 1.165) is 44.7 Å². The number of rotatable bonds is 9. The maximum Gasteiger partial charge on any atom is 0.416 e. The fraction of sp³-hybridized carbons (Fsp3) is 0.429. The maximum atomic E-state index is 13.0. The van der Waals surface area contributed by atoms with Crippen molar-refractivity contribution in [1.29, 1.82) is 0 Å². The number of hydrogen-bond donors (Lipinski definition) is 0. The highest BCUT2D eigenvalue weighted by atomic mass is 32.2. The molecule has 1 saturated heterocycles. The van der Waals surface area contributed by atoms with Crippen molar-refractivity contribution in [2.24, 2.45) is 0 Å². The van der Waals surface area contributed by atoms with E-state index in [1.165, 1.54) is 19.1 Å². The van der Waals surface area contributed by atoms with E-state index >= 15 is 0 Å². The Morgan fingerprint density at radius 1 is 0.756 bits per heavy atom. The first-order chi connectivity index (χ1) is 19.2. The number of thioether (sulfide) groups is 1. The minimum atomic E-state index is -4.46. The number of carbonyl (C=O) groups excluding carboxylic acids is 4. The predicted molar refractivity (Wildman–Crippen MR) is 140 cm³/mol. The molecule has 0 saturated carbocycles. The van der Waals surface area contributed by atoms with Crippen LogP contribution in [-0.2, 0) is 50.7 Å².